The standard InChI is InChI=1S/C17H22N2O/c1-12-5-6-13(2)16(9-12)14(3)19-11-15-7-8-18-17(10-15)20-4/h5-10,14,19H,11H2,1-4H3. The number of aryl methyl sites for hydroxylation is 2. The fourth-order valence-corrected chi connectivity index (χ4v) is 2.28. The lowest BCUT2D eigenvalue weighted by molar-refractivity contribution is 0.397. The first-order valence-corrected chi connectivity index (χ1v) is 6.89. The molecule has 1 heterocycles. The van der Waals surface area contributed by atoms with Crippen LogP contribution in [0.5, 0.6) is 5.88 Å². The average molecular weight is 270 g/mol. The van der Waals surface area contributed by atoms with Crippen molar-refractivity contribution in [3.8, 4) is 5.88 Å². The van der Waals surface area contributed by atoms with Crippen LogP contribution in [0.25, 0.3) is 0 Å². The van der Waals surface area contributed by atoms with E-state index in [1.165, 1.54) is 22.3 Å². The van der Waals surface area contributed by atoms with E-state index < -0.39 is 0 Å². The van der Waals surface area contributed by atoms with Gasteiger partial charge in [-0.1, -0.05) is 23.8 Å². The second-order valence-corrected chi connectivity index (χ2v) is 5.17. The fourth-order valence-electron chi connectivity index (χ4n) is 2.28. The number of aromatic nitrogens is 1. The number of hydrogen-bond donors (Lipinski definition) is 1. The Morgan fingerprint density at radius 1 is 1.20 bits per heavy atom. The minimum atomic E-state index is 0.314. The van der Waals surface area contributed by atoms with E-state index in [1.807, 2.05) is 12.1 Å². The zero-order valence-electron chi connectivity index (χ0n) is 12.6. The maximum atomic E-state index is 5.14. The van der Waals surface area contributed by atoms with Gasteiger partial charge in [0.2, 0.25) is 5.88 Å². The average Bonchev–Trinajstić information content (AvgIpc) is 2.47. The van der Waals surface area contributed by atoms with Crippen molar-refractivity contribution < 1.29 is 4.74 Å². The van der Waals surface area contributed by atoms with E-state index in [2.05, 4.69) is 49.3 Å². The molecule has 0 bridgehead atoms. The van der Waals surface area contributed by atoms with Gasteiger partial charge in [0.15, 0.2) is 0 Å². The van der Waals surface area contributed by atoms with Gasteiger partial charge in [-0.2, -0.15) is 0 Å². The summed E-state index contributed by atoms with van der Waals surface area (Å²) in [5.74, 6) is 0.656. The van der Waals surface area contributed by atoms with Gasteiger partial charge < -0.3 is 10.1 Å². The topological polar surface area (TPSA) is 34.1 Å². The van der Waals surface area contributed by atoms with Crippen LogP contribution in [0.15, 0.2) is 36.5 Å². The summed E-state index contributed by atoms with van der Waals surface area (Å²) >= 11 is 0. The molecule has 0 aliphatic carbocycles. The number of nitrogens with zero attached hydrogens (tertiary/aromatic N) is 1. The molecule has 0 fully saturated rings. The molecule has 3 heteroatoms. The van der Waals surface area contributed by atoms with Crippen molar-refractivity contribution in [1.82, 2.24) is 10.3 Å². The summed E-state index contributed by atoms with van der Waals surface area (Å²) in [4.78, 5) is 4.12. The molecule has 1 atom stereocenters. The highest BCUT2D eigenvalue weighted by molar-refractivity contribution is 5.32. The first-order valence-electron chi connectivity index (χ1n) is 6.89. The monoisotopic (exact) mass is 270 g/mol. The molecule has 20 heavy (non-hydrogen) atoms. The van der Waals surface area contributed by atoms with E-state index in [0.717, 1.165) is 6.54 Å². The Morgan fingerprint density at radius 3 is 2.75 bits per heavy atom. The van der Waals surface area contributed by atoms with Gasteiger partial charge in [-0.3, -0.25) is 0 Å². The molecule has 2 rings (SSSR count). The Bertz CT molecular complexity index is 581. The summed E-state index contributed by atoms with van der Waals surface area (Å²) in [6, 6.07) is 10.9. The summed E-state index contributed by atoms with van der Waals surface area (Å²) in [5, 5.41) is 3.55. The molecule has 0 radical (unpaired) electrons. The zero-order chi connectivity index (χ0) is 14.5. The minimum absolute atomic E-state index is 0.314. The van der Waals surface area contributed by atoms with Crippen molar-refractivity contribution in [2.45, 2.75) is 33.4 Å². The molecule has 0 saturated heterocycles. The number of methoxy groups -OCH3 is 1. The molecule has 1 aromatic carbocycles. The maximum Gasteiger partial charge on any atom is 0.213 e. The second-order valence-electron chi connectivity index (χ2n) is 5.17. The first-order chi connectivity index (χ1) is 9.60. The Morgan fingerprint density at radius 2 is 2.00 bits per heavy atom. The molecule has 0 spiro atoms. The fraction of sp³-hybridized carbons (Fsp3) is 0.353. The highest BCUT2D eigenvalue weighted by atomic mass is 16.5. The van der Waals surface area contributed by atoms with Crippen LogP contribution >= 0.6 is 0 Å². The third-order valence-electron chi connectivity index (χ3n) is 3.52. The van der Waals surface area contributed by atoms with Gasteiger partial charge in [-0.15, -0.1) is 0 Å². The number of nitrogens with one attached hydrogen (secondary N) is 1. The molecule has 3 nitrogen and oxygen atoms in total. The molecule has 1 aromatic heterocycles. The summed E-state index contributed by atoms with van der Waals surface area (Å²) in [7, 11) is 1.64. The molecule has 1 unspecified atom stereocenters. The van der Waals surface area contributed by atoms with Crippen LogP contribution in [0.4, 0.5) is 0 Å². The van der Waals surface area contributed by atoms with Crippen molar-refractivity contribution in [2.75, 3.05) is 7.11 Å². The smallest absolute Gasteiger partial charge is 0.213 e. The molecular weight excluding hydrogens is 248 g/mol. The predicted molar refractivity (Wildman–Crippen MR) is 82.0 cm³/mol. The number of hydrogen-bond acceptors (Lipinski definition) is 3. The lowest BCUT2D eigenvalue weighted by atomic mass is 10.00. The quantitative estimate of drug-likeness (QED) is 0.902. The van der Waals surface area contributed by atoms with Crippen molar-refractivity contribution in [3.05, 3.63) is 58.8 Å². The number of pyridine rings is 1. The summed E-state index contributed by atoms with van der Waals surface area (Å²) in [6.07, 6.45) is 1.78. The number of ether oxygens (including phenoxy) is 1. The molecule has 2 aromatic rings. The second kappa shape index (κ2) is 6.53. The molecule has 1 N–H and O–H groups in total. The molecule has 106 valence electrons. The Labute approximate surface area is 121 Å². The van der Waals surface area contributed by atoms with Gasteiger partial charge in [0.05, 0.1) is 7.11 Å². The van der Waals surface area contributed by atoms with Gasteiger partial charge in [-0.05, 0) is 43.5 Å². The third-order valence-corrected chi connectivity index (χ3v) is 3.52. The normalized spacial score (nSPS) is 12.2. The van der Waals surface area contributed by atoms with E-state index in [4.69, 9.17) is 4.74 Å². The van der Waals surface area contributed by atoms with Gasteiger partial charge in [0, 0.05) is 24.8 Å². The van der Waals surface area contributed by atoms with E-state index >= 15 is 0 Å². The highest BCUT2D eigenvalue weighted by Crippen LogP contribution is 2.19. The van der Waals surface area contributed by atoms with Gasteiger partial charge in [0.1, 0.15) is 0 Å². The van der Waals surface area contributed by atoms with Gasteiger partial charge in [-0.25, -0.2) is 4.98 Å². The van der Waals surface area contributed by atoms with E-state index in [-0.39, 0.29) is 0 Å². The summed E-state index contributed by atoms with van der Waals surface area (Å²) in [5.41, 5.74) is 5.15. The van der Waals surface area contributed by atoms with Crippen molar-refractivity contribution in [3.63, 3.8) is 0 Å². The number of benzene rings is 1. The molecule has 0 aliphatic heterocycles. The minimum Gasteiger partial charge on any atom is -0.481 e. The largest absolute Gasteiger partial charge is 0.481 e. The van der Waals surface area contributed by atoms with Crippen LogP contribution in [0, 0.1) is 13.8 Å². The van der Waals surface area contributed by atoms with Crippen LogP contribution in [-0.4, -0.2) is 12.1 Å². The van der Waals surface area contributed by atoms with E-state index in [9.17, 15) is 0 Å². The molecular formula is C17H22N2O. The highest BCUT2D eigenvalue weighted by Gasteiger charge is 2.08. The van der Waals surface area contributed by atoms with E-state index in [0.29, 0.717) is 11.9 Å². The zero-order valence-corrected chi connectivity index (χ0v) is 12.6. The van der Waals surface area contributed by atoms with Crippen LogP contribution in [0.2, 0.25) is 0 Å². The van der Waals surface area contributed by atoms with Crippen LogP contribution in [0.1, 0.15) is 35.2 Å². The maximum absolute atomic E-state index is 5.14. The number of rotatable bonds is 5. The van der Waals surface area contributed by atoms with Gasteiger partial charge in [0.25, 0.3) is 0 Å². The van der Waals surface area contributed by atoms with Crippen LogP contribution in [-0.2, 0) is 6.54 Å². The van der Waals surface area contributed by atoms with E-state index in [1.54, 1.807) is 13.3 Å². The van der Waals surface area contributed by atoms with Crippen molar-refractivity contribution in [1.29, 1.82) is 0 Å². The lowest BCUT2D eigenvalue weighted by Crippen LogP contribution is -2.19. The Kier molecular flexibility index (Phi) is 4.74. The van der Waals surface area contributed by atoms with Crippen LogP contribution < -0.4 is 10.1 Å². The Hall–Kier alpha value is -1.87. The molecule has 0 saturated carbocycles. The molecule has 0 aliphatic rings. The summed E-state index contributed by atoms with van der Waals surface area (Å²) in [6.45, 7) is 7.28. The molecule has 0 amide bonds. The van der Waals surface area contributed by atoms with Crippen molar-refractivity contribution >= 4 is 0 Å². The van der Waals surface area contributed by atoms with Gasteiger partial charge >= 0.3 is 0 Å². The van der Waals surface area contributed by atoms with Crippen LogP contribution in [0.3, 0.4) is 0 Å². The predicted octanol–water partition coefficient (Wildman–Crippen LogP) is 3.56. The van der Waals surface area contributed by atoms with Crippen molar-refractivity contribution in [2.24, 2.45) is 0 Å². The SMILES string of the molecule is COc1cc(CNC(C)c2cc(C)ccc2C)ccn1. The third kappa shape index (κ3) is 3.58. The Balaban J connectivity index is 2.04. The summed E-state index contributed by atoms with van der Waals surface area (Å²) < 4.78 is 5.14. The lowest BCUT2D eigenvalue weighted by Gasteiger charge is -2.17. The first kappa shape index (κ1) is 14.5.